The Labute approximate surface area is 108 Å². The minimum atomic E-state index is -0.923. The van der Waals surface area contributed by atoms with E-state index in [4.69, 9.17) is 5.73 Å². The van der Waals surface area contributed by atoms with Gasteiger partial charge >= 0.3 is 0 Å². The molecule has 1 aromatic heterocycles. The van der Waals surface area contributed by atoms with Gasteiger partial charge in [-0.25, -0.2) is 8.78 Å². The molecule has 0 saturated heterocycles. The number of nitrogens with one attached hydrogen (secondary N) is 1. The third-order valence-corrected chi connectivity index (χ3v) is 3.50. The van der Waals surface area contributed by atoms with Crippen molar-refractivity contribution in [2.45, 2.75) is 19.4 Å². The fourth-order valence-electron chi connectivity index (χ4n) is 1.74. The van der Waals surface area contributed by atoms with Crippen LogP contribution in [0.1, 0.15) is 11.8 Å². The highest BCUT2D eigenvalue weighted by atomic mass is 32.1. The monoisotopic (exact) mass is 268 g/mol. The van der Waals surface area contributed by atoms with Gasteiger partial charge in [-0.15, -0.1) is 11.3 Å². The molecule has 2 rings (SSSR count). The highest BCUT2D eigenvalue weighted by Crippen LogP contribution is 2.26. The predicted molar refractivity (Wildman–Crippen MR) is 71.9 cm³/mol. The zero-order valence-electron chi connectivity index (χ0n) is 9.91. The topological polar surface area (TPSA) is 38.0 Å². The van der Waals surface area contributed by atoms with Gasteiger partial charge in [0.1, 0.15) is 0 Å². The highest BCUT2D eigenvalue weighted by molar-refractivity contribution is 7.09. The first-order valence-electron chi connectivity index (χ1n) is 5.60. The first-order chi connectivity index (χ1) is 8.58. The molecule has 5 heteroatoms. The van der Waals surface area contributed by atoms with E-state index in [-0.39, 0.29) is 17.4 Å². The molecule has 0 aliphatic rings. The van der Waals surface area contributed by atoms with Crippen LogP contribution < -0.4 is 11.1 Å². The molecule has 3 N–H and O–H groups in total. The van der Waals surface area contributed by atoms with E-state index in [0.29, 0.717) is 0 Å². The van der Waals surface area contributed by atoms with Crippen LogP contribution in [0.5, 0.6) is 0 Å². The molecular weight excluding hydrogens is 254 g/mol. The summed E-state index contributed by atoms with van der Waals surface area (Å²) in [4.78, 5) is 1.19. The number of anilines is 2. The molecule has 1 aromatic carbocycles. The molecule has 1 atom stereocenters. The van der Waals surface area contributed by atoms with E-state index in [2.05, 4.69) is 5.32 Å². The van der Waals surface area contributed by atoms with Gasteiger partial charge in [0.05, 0.1) is 11.4 Å². The number of hydrogen-bond donors (Lipinski definition) is 2. The quantitative estimate of drug-likeness (QED) is 0.831. The van der Waals surface area contributed by atoms with Crippen LogP contribution in [-0.2, 0) is 6.42 Å². The fraction of sp³-hybridized carbons (Fsp3) is 0.231. The van der Waals surface area contributed by atoms with Crippen molar-refractivity contribution in [1.82, 2.24) is 0 Å². The molecule has 0 saturated carbocycles. The summed E-state index contributed by atoms with van der Waals surface area (Å²) in [5.41, 5.74) is 5.90. The maximum atomic E-state index is 13.6. The summed E-state index contributed by atoms with van der Waals surface area (Å²) in [5.74, 6) is -1.82. The van der Waals surface area contributed by atoms with Crippen molar-refractivity contribution in [3.05, 3.63) is 46.2 Å². The molecule has 0 radical (unpaired) electrons. The van der Waals surface area contributed by atoms with Crippen molar-refractivity contribution < 1.29 is 8.78 Å². The molecule has 0 bridgehead atoms. The fourth-order valence-corrected chi connectivity index (χ4v) is 2.58. The Morgan fingerprint density at radius 1 is 1.33 bits per heavy atom. The number of hydrogen-bond acceptors (Lipinski definition) is 3. The third-order valence-electron chi connectivity index (χ3n) is 2.61. The second-order valence-corrected chi connectivity index (χ2v) is 5.19. The van der Waals surface area contributed by atoms with Crippen molar-refractivity contribution >= 4 is 22.7 Å². The molecule has 0 fully saturated rings. The minimum Gasteiger partial charge on any atom is -0.397 e. The first kappa shape index (κ1) is 12.8. The Morgan fingerprint density at radius 3 is 2.78 bits per heavy atom. The lowest BCUT2D eigenvalue weighted by Gasteiger charge is -2.17. The number of thiophene rings is 1. The molecule has 2 nitrogen and oxygen atoms in total. The number of halogens is 2. The van der Waals surface area contributed by atoms with Crippen LogP contribution in [0.2, 0.25) is 0 Å². The van der Waals surface area contributed by atoms with E-state index < -0.39 is 11.6 Å². The van der Waals surface area contributed by atoms with Gasteiger partial charge in [0.25, 0.3) is 0 Å². The number of rotatable bonds is 4. The largest absolute Gasteiger partial charge is 0.397 e. The number of nitrogens with two attached hydrogens (primary N) is 1. The van der Waals surface area contributed by atoms with Gasteiger partial charge in [-0.2, -0.15) is 0 Å². The summed E-state index contributed by atoms with van der Waals surface area (Å²) >= 11 is 1.63. The van der Waals surface area contributed by atoms with Crippen molar-refractivity contribution in [1.29, 1.82) is 0 Å². The van der Waals surface area contributed by atoms with E-state index in [1.54, 1.807) is 11.3 Å². The van der Waals surface area contributed by atoms with Gasteiger partial charge in [-0.05, 0) is 30.5 Å². The molecule has 96 valence electrons. The Bertz CT molecular complexity index is 526. The zero-order chi connectivity index (χ0) is 13.1. The Morgan fingerprint density at radius 2 is 2.11 bits per heavy atom. The average molecular weight is 268 g/mol. The standard InChI is InChI=1S/C13H14F2N2S/c1-8(7-9-3-2-6-18-9)17-13-11(16)5-4-10(14)12(13)15/h2-6,8,17H,7,16H2,1H3. The lowest BCUT2D eigenvalue weighted by molar-refractivity contribution is 0.510. The van der Waals surface area contributed by atoms with Gasteiger partial charge in [0, 0.05) is 17.3 Å². The van der Waals surface area contributed by atoms with Gasteiger partial charge in [0.2, 0.25) is 0 Å². The Hall–Kier alpha value is -1.62. The molecule has 18 heavy (non-hydrogen) atoms. The second-order valence-electron chi connectivity index (χ2n) is 4.15. The van der Waals surface area contributed by atoms with Crippen molar-refractivity contribution in [2.24, 2.45) is 0 Å². The molecule has 2 aromatic rings. The van der Waals surface area contributed by atoms with Crippen LogP contribution in [0.25, 0.3) is 0 Å². The smallest absolute Gasteiger partial charge is 0.183 e. The summed E-state index contributed by atoms with van der Waals surface area (Å²) in [5, 5.41) is 4.91. The van der Waals surface area contributed by atoms with Crippen molar-refractivity contribution in [3.63, 3.8) is 0 Å². The summed E-state index contributed by atoms with van der Waals surface area (Å²) in [6.45, 7) is 1.91. The van der Waals surface area contributed by atoms with Crippen molar-refractivity contribution in [2.75, 3.05) is 11.1 Å². The van der Waals surface area contributed by atoms with E-state index in [0.717, 1.165) is 12.5 Å². The maximum absolute atomic E-state index is 13.6. The summed E-state index contributed by atoms with van der Waals surface area (Å²) < 4.78 is 26.7. The minimum absolute atomic E-state index is 0.0257. The lowest BCUT2D eigenvalue weighted by atomic mass is 10.1. The van der Waals surface area contributed by atoms with E-state index in [1.165, 1.54) is 10.9 Å². The Kier molecular flexibility index (Phi) is 3.81. The predicted octanol–water partition coefficient (Wildman–Crippen LogP) is 3.65. The van der Waals surface area contributed by atoms with Crippen molar-refractivity contribution in [3.8, 4) is 0 Å². The first-order valence-corrected chi connectivity index (χ1v) is 6.48. The molecule has 0 spiro atoms. The summed E-state index contributed by atoms with van der Waals surface area (Å²) in [6.07, 6.45) is 0.743. The Balaban J connectivity index is 2.11. The van der Waals surface area contributed by atoms with Crippen LogP contribution in [0.4, 0.5) is 20.2 Å². The highest BCUT2D eigenvalue weighted by Gasteiger charge is 2.14. The van der Waals surface area contributed by atoms with E-state index in [9.17, 15) is 8.78 Å². The molecule has 0 amide bonds. The third kappa shape index (κ3) is 2.79. The summed E-state index contributed by atoms with van der Waals surface area (Å²) in [7, 11) is 0. The normalized spacial score (nSPS) is 12.4. The van der Waals surface area contributed by atoms with Gasteiger partial charge in [-0.1, -0.05) is 6.07 Å². The second kappa shape index (κ2) is 5.35. The lowest BCUT2D eigenvalue weighted by Crippen LogP contribution is -2.19. The van der Waals surface area contributed by atoms with Crippen LogP contribution >= 0.6 is 11.3 Å². The zero-order valence-corrected chi connectivity index (χ0v) is 10.7. The summed E-state index contributed by atoms with van der Waals surface area (Å²) in [6, 6.07) is 6.33. The average Bonchev–Trinajstić information content (AvgIpc) is 2.82. The van der Waals surface area contributed by atoms with Crippen LogP contribution in [0.15, 0.2) is 29.6 Å². The maximum Gasteiger partial charge on any atom is 0.183 e. The SMILES string of the molecule is CC(Cc1cccs1)Nc1c(N)ccc(F)c1F. The van der Waals surface area contributed by atoms with Crippen LogP contribution in [0.3, 0.4) is 0 Å². The van der Waals surface area contributed by atoms with E-state index in [1.807, 2.05) is 24.4 Å². The number of nitrogen functional groups attached to an aromatic ring is 1. The molecule has 0 aliphatic heterocycles. The van der Waals surface area contributed by atoms with Gasteiger partial charge < -0.3 is 11.1 Å². The number of benzene rings is 1. The molecule has 0 aliphatic carbocycles. The molecule has 1 unspecified atom stereocenters. The molecular formula is C13H14F2N2S. The van der Waals surface area contributed by atoms with Gasteiger partial charge in [-0.3, -0.25) is 0 Å². The van der Waals surface area contributed by atoms with Crippen LogP contribution in [0, 0.1) is 11.6 Å². The van der Waals surface area contributed by atoms with Crippen LogP contribution in [-0.4, -0.2) is 6.04 Å². The molecule has 1 heterocycles. The van der Waals surface area contributed by atoms with Gasteiger partial charge in [0.15, 0.2) is 11.6 Å². The van der Waals surface area contributed by atoms with E-state index >= 15 is 0 Å².